The molecule has 22 heavy (non-hydrogen) atoms. The van der Waals surface area contributed by atoms with Crippen LogP contribution < -0.4 is 4.72 Å². The molecule has 0 saturated heterocycles. The molecule has 3 rings (SSSR count). The zero-order valence-electron chi connectivity index (χ0n) is 11.4. The Bertz CT molecular complexity index is 916. The molecule has 1 aromatic carbocycles. The van der Waals surface area contributed by atoms with Crippen molar-refractivity contribution in [1.29, 1.82) is 0 Å². The number of hydrogen-bond donors (Lipinski definition) is 1. The second-order valence-electron chi connectivity index (χ2n) is 4.60. The lowest BCUT2D eigenvalue weighted by Crippen LogP contribution is -2.11. The number of aryl methyl sites for hydroxylation is 1. The highest BCUT2D eigenvalue weighted by Gasteiger charge is 2.18. The fraction of sp³-hybridized carbons (Fsp3) is 0.0714. The standard InChI is InChI=1S/C14H11BrN2O3S2/c1-9-5-13(20-16-9)10-6-14(21-8-10)22(18,19)17-12-4-2-3-11(15)7-12/h2-8,17H,1H3. The van der Waals surface area contributed by atoms with E-state index in [1.807, 2.05) is 13.0 Å². The third kappa shape index (κ3) is 3.23. The molecule has 0 aliphatic heterocycles. The van der Waals surface area contributed by atoms with Crippen LogP contribution in [0.2, 0.25) is 0 Å². The van der Waals surface area contributed by atoms with E-state index >= 15 is 0 Å². The Morgan fingerprint density at radius 3 is 2.77 bits per heavy atom. The van der Waals surface area contributed by atoms with Crippen molar-refractivity contribution in [2.45, 2.75) is 11.1 Å². The van der Waals surface area contributed by atoms with Gasteiger partial charge in [-0.2, -0.15) is 0 Å². The Labute approximate surface area is 140 Å². The number of rotatable bonds is 4. The van der Waals surface area contributed by atoms with Crippen molar-refractivity contribution >= 4 is 43.0 Å². The number of sulfonamides is 1. The monoisotopic (exact) mass is 398 g/mol. The maximum atomic E-state index is 12.4. The number of nitrogens with zero attached hydrogens (tertiary/aromatic N) is 1. The van der Waals surface area contributed by atoms with Crippen LogP contribution in [0.3, 0.4) is 0 Å². The zero-order valence-corrected chi connectivity index (χ0v) is 14.6. The minimum atomic E-state index is -3.62. The normalized spacial score (nSPS) is 11.5. The first-order valence-corrected chi connectivity index (χ1v) is 9.40. The summed E-state index contributed by atoms with van der Waals surface area (Å²) in [5.41, 5.74) is 1.94. The van der Waals surface area contributed by atoms with E-state index in [-0.39, 0.29) is 4.21 Å². The number of hydrogen-bond acceptors (Lipinski definition) is 5. The molecule has 0 aliphatic rings. The average molecular weight is 399 g/mol. The highest BCUT2D eigenvalue weighted by molar-refractivity contribution is 9.10. The number of thiophene rings is 1. The molecule has 0 saturated carbocycles. The number of nitrogens with one attached hydrogen (secondary N) is 1. The molecule has 0 fully saturated rings. The van der Waals surface area contributed by atoms with Crippen LogP contribution in [0.15, 0.2) is 55.0 Å². The molecule has 0 atom stereocenters. The second kappa shape index (κ2) is 5.86. The Morgan fingerprint density at radius 2 is 2.09 bits per heavy atom. The van der Waals surface area contributed by atoms with Crippen LogP contribution in [0.5, 0.6) is 0 Å². The SMILES string of the molecule is Cc1cc(-c2csc(S(=O)(=O)Nc3cccc(Br)c3)c2)on1. The molecule has 0 spiro atoms. The Morgan fingerprint density at radius 1 is 1.27 bits per heavy atom. The predicted molar refractivity (Wildman–Crippen MR) is 89.5 cm³/mol. The molecule has 0 bridgehead atoms. The molecule has 0 aliphatic carbocycles. The zero-order chi connectivity index (χ0) is 15.7. The number of anilines is 1. The van der Waals surface area contributed by atoms with E-state index in [9.17, 15) is 8.42 Å². The first-order chi connectivity index (χ1) is 10.4. The average Bonchev–Trinajstić information content (AvgIpc) is 3.06. The highest BCUT2D eigenvalue weighted by Crippen LogP contribution is 2.30. The first kappa shape index (κ1) is 15.3. The third-order valence-electron chi connectivity index (χ3n) is 2.83. The van der Waals surface area contributed by atoms with Gasteiger partial charge in [-0.05, 0) is 31.2 Å². The van der Waals surface area contributed by atoms with Gasteiger partial charge in [0.25, 0.3) is 10.0 Å². The fourth-order valence-electron chi connectivity index (χ4n) is 1.84. The highest BCUT2D eigenvalue weighted by atomic mass is 79.9. The minimum Gasteiger partial charge on any atom is -0.356 e. The van der Waals surface area contributed by atoms with E-state index < -0.39 is 10.0 Å². The molecule has 5 nitrogen and oxygen atoms in total. The van der Waals surface area contributed by atoms with Gasteiger partial charge in [0.1, 0.15) is 4.21 Å². The number of halogens is 1. The summed E-state index contributed by atoms with van der Waals surface area (Å²) < 4.78 is 33.5. The molecule has 0 amide bonds. The van der Waals surface area contributed by atoms with Crippen LogP contribution in [0.1, 0.15) is 5.69 Å². The van der Waals surface area contributed by atoms with Crippen LogP contribution in [0.4, 0.5) is 5.69 Å². The molecule has 2 aromatic heterocycles. The van der Waals surface area contributed by atoms with Crippen molar-refractivity contribution in [1.82, 2.24) is 5.16 Å². The summed E-state index contributed by atoms with van der Waals surface area (Å²) >= 11 is 4.45. The lowest BCUT2D eigenvalue weighted by Gasteiger charge is -2.06. The van der Waals surface area contributed by atoms with Gasteiger partial charge < -0.3 is 4.52 Å². The number of aromatic nitrogens is 1. The van der Waals surface area contributed by atoms with Gasteiger partial charge in [-0.25, -0.2) is 8.42 Å². The molecule has 114 valence electrons. The van der Waals surface area contributed by atoms with E-state index in [1.165, 1.54) is 0 Å². The van der Waals surface area contributed by atoms with Gasteiger partial charge >= 0.3 is 0 Å². The topological polar surface area (TPSA) is 72.2 Å². The summed E-state index contributed by atoms with van der Waals surface area (Å²) in [5, 5.41) is 5.53. The predicted octanol–water partition coefficient (Wildman–Crippen LogP) is 4.27. The van der Waals surface area contributed by atoms with Crippen LogP contribution in [0, 0.1) is 6.92 Å². The summed E-state index contributed by atoms with van der Waals surface area (Å²) in [7, 11) is -3.62. The maximum absolute atomic E-state index is 12.4. The lowest BCUT2D eigenvalue weighted by atomic mass is 10.2. The maximum Gasteiger partial charge on any atom is 0.271 e. The van der Waals surface area contributed by atoms with Crippen molar-refractivity contribution in [3.05, 3.63) is 51.9 Å². The first-order valence-electron chi connectivity index (χ1n) is 6.25. The quantitative estimate of drug-likeness (QED) is 0.711. The largest absolute Gasteiger partial charge is 0.356 e. The Hall–Kier alpha value is -1.64. The molecular formula is C14H11BrN2O3S2. The van der Waals surface area contributed by atoms with Crippen LogP contribution in [-0.2, 0) is 10.0 Å². The summed E-state index contributed by atoms with van der Waals surface area (Å²) in [6, 6.07) is 10.3. The van der Waals surface area contributed by atoms with Gasteiger partial charge in [0.2, 0.25) is 0 Å². The van der Waals surface area contributed by atoms with Crippen molar-refractivity contribution in [2.24, 2.45) is 0 Å². The van der Waals surface area contributed by atoms with E-state index in [0.717, 1.165) is 21.5 Å². The Kier molecular flexibility index (Phi) is 4.07. The van der Waals surface area contributed by atoms with Crippen LogP contribution >= 0.6 is 27.3 Å². The van der Waals surface area contributed by atoms with Gasteiger partial charge in [0.05, 0.1) is 5.69 Å². The van der Waals surface area contributed by atoms with Crippen molar-refractivity contribution in [3.63, 3.8) is 0 Å². The fourth-order valence-corrected chi connectivity index (χ4v) is 4.46. The second-order valence-corrected chi connectivity index (χ2v) is 8.34. The summed E-state index contributed by atoms with van der Waals surface area (Å²) in [6.45, 7) is 1.81. The van der Waals surface area contributed by atoms with Crippen LogP contribution in [-0.4, -0.2) is 13.6 Å². The molecule has 3 aromatic rings. The van der Waals surface area contributed by atoms with Crippen molar-refractivity contribution in [3.8, 4) is 11.3 Å². The van der Waals surface area contributed by atoms with Gasteiger partial charge in [-0.15, -0.1) is 11.3 Å². The van der Waals surface area contributed by atoms with Crippen molar-refractivity contribution in [2.75, 3.05) is 4.72 Å². The van der Waals surface area contributed by atoms with Gasteiger partial charge in [0.15, 0.2) is 5.76 Å². The number of benzene rings is 1. The lowest BCUT2D eigenvalue weighted by molar-refractivity contribution is 0.427. The molecule has 8 heteroatoms. The van der Waals surface area contributed by atoms with E-state index in [1.54, 1.807) is 35.7 Å². The Balaban J connectivity index is 1.88. The van der Waals surface area contributed by atoms with Crippen LogP contribution in [0.25, 0.3) is 11.3 Å². The summed E-state index contributed by atoms with van der Waals surface area (Å²) in [6.07, 6.45) is 0. The molecule has 2 heterocycles. The van der Waals surface area contributed by atoms with E-state index in [0.29, 0.717) is 17.0 Å². The van der Waals surface area contributed by atoms with E-state index in [2.05, 4.69) is 25.8 Å². The van der Waals surface area contributed by atoms with E-state index in [4.69, 9.17) is 4.52 Å². The molecule has 1 N–H and O–H groups in total. The molecule has 0 radical (unpaired) electrons. The van der Waals surface area contributed by atoms with Gasteiger partial charge in [-0.1, -0.05) is 27.2 Å². The van der Waals surface area contributed by atoms with Crippen molar-refractivity contribution < 1.29 is 12.9 Å². The smallest absolute Gasteiger partial charge is 0.271 e. The minimum absolute atomic E-state index is 0.219. The summed E-state index contributed by atoms with van der Waals surface area (Å²) in [5.74, 6) is 0.553. The molecular weight excluding hydrogens is 388 g/mol. The third-order valence-corrected chi connectivity index (χ3v) is 6.14. The van der Waals surface area contributed by atoms with Gasteiger partial charge in [-0.3, -0.25) is 4.72 Å². The van der Waals surface area contributed by atoms with Gasteiger partial charge in [0, 0.05) is 27.2 Å². The molecule has 0 unspecified atom stereocenters. The summed E-state index contributed by atoms with van der Waals surface area (Å²) in [4.78, 5) is 0.